The molecule has 0 radical (unpaired) electrons. The van der Waals surface area contributed by atoms with Gasteiger partial charge in [0.2, 0.25) is 0 Å². The number of anilines is 1. The fraction of sp³-hybridized carbons (Fsp3) is 0.182. The van der Waals surface area contributed by atoms with E-state index < -0.39 is 0 Å². The number of rotatable bonds is 4. The van der Waals surface area contributed by atoms with Gasteiger partial charge in [-0.25, -0.2) is 4.98 Å². The molecule has 0 aliphatic rings. The number of hydrogen-bond acceptors (Lipinski definition) is 4. The number of carbonyl (C=O) groups excluding carboxylic acids is 1. The van der Waals surface area contributed by atoms with Crippen LogP contribution in [0, 0.1) is 20.8 Å². The van der Waals surface area contributed by atoms with Crippen molar-refractivity contribution in [1.29, 1.82) is 0 Å². The predicted molar refractivity (Wildman–Crippen MR) is 109 cm³/mol. The highest BCUT2D eigenvalue weighted by Gasteiger charge is 2.23. The summed E-state index contributed by atoms with van der Waals surface area (Å²) in [7, 11) is 0. The Balaban J connectivity index is 1.79. The van der Waals surface area contributed by atoms with Gasteiger partial charge in [0.1, 0.15) is 5.76 Å². The van der Waals surface area contributed by atoms with E-state index in [0.29, 0.717) is 17.2 Å². The summed E-state index contributed by atoms with van der Waals surface area (Å²) in [6, 6.07) is 15.5. The first kappa shape index (κ1) is 17.5. The van der Waals surface area contributed by atoms with Gasteiger partial charge >= 0.3 is 0 Å². The van der Waals surface area contributed by atoms with Crippen LogP contribution >= 0.6 is 11.3 Å². The standard InChI is InChI=1S/C22H20N2O2S/c1-14-6-9-17(10-7-14)21(25)24(13-18-5-4-12-26-18)22-23-20-16(3)15(2)8-11-19(20)27-22/h4-12H,13H2,1-3H3. The van der Waals surface area contributed by atoms with Crippen molar-refractivity contribution in [2.24, 2.45) is 0 Å². The molecular weight excluding hydrogens is 356 g/mol. The molecule has 4 rings (SSSR count). The Bertz CT molecular complexity index is 1100. The van der Waals surface area contributed by atoms with E-state index >= 15 is 0 Å². The molecule has 5 heteroatoms. The van der Waals surface area contributed by atoms with Crippen molar-refractivity contribution in [1.82, 2.24) is 4.98 Å². The van der Waals surface area contributed by atoms with Gasteiger partial charge in [-0.05, 0) is 62.2 Å². The van der Waals surface area contributed by atoms with Crippen LogP contribution in [-0.4, -0.2) is 10.9 Å². The molecule has 1 amide bonds. The lowest BCUT2D eigenvalue weighted by atomic mass is 10.1. The molecule has 0 aliphatic heterocycles. The molecule has 27 heavy (non-hydrogen) atoms. The SMILES string of the molecule is Cc1ccc(C(=O)N(Cc2ccco2)c2nc3c(C)c(C)ccc3s2)cc1. The van der Waals surface area contributed by atoms with Crippen molar-refractivity contribution in [3.63, 3.8) is 0 Å². The zero-order chi connectivity index (χ0) is 19.0. The minimum absolute atomic E-state index is 0.0835. The molecule has 4 aromatic rings. The molecular formula is C22H20N2O2S. The van der Waals surface area contributed by atoms with Crippen LogP contribution in [0.1, 0.15) is 32.8 Å². The Morgan fingerprint density at radius 3 is 2.56 bits per heavy atom. The summed E-state index contributed by atoms with van der Waals surface area (Å²) in [6.07, 6.45) is 1.62. The number of aryl methyl sites for hydroxylation is 3. The van der Waals surface area contributed by atoms with E-state index in [1.54, 1.807) is 11.2 Å². The predicted octanol–water partition coefficient (Wildman–Crippen LogP) is 5.66. The van der Waals surface area contributed by atoms with Gasteiger partial charge in [0.25, 0.3) is 5.91 Å². The molecule has 0 saturated carbocycles. The summed E-state index contributed by atoms with van der Waals surface area (Å²) < 4.78 is 6.57. The second-order valence-corrected chi connectivity index (χ2v) is 7.70. The van der Waals surface area contributed by atoms with E-state index in [2.05, 4.69) is 26.0 Å². The quantitative estimate of drug-likeness (QED) is 0.461. The number of furan rings is 1. The third-order valence-corrected chi connectivity index (χ3v) is 5.79. The van der Waals surface area contributed by atoms with E-state index in [4.69, 9.17) is 9.40 Å². The van der Waals surface area contributed by atoms with Crippen LogP contribution in [0.4, 0.5) is 5.13 Å². The fourth-order valence-corrected chi connectivity index (χ4v) is 3.99. The number of thiazole rings is 1. The molecule has 2 aromatic heterocycles. The number of fused-ring (bicyclic) bond motifs is 1. The van der Waals surface area contributed by atoms with Crippen molar-refractivity contribution in [2.45, 2.75) is 27.3 Å². The van der Waals surface area contributed by atoms with Crippen LogP contribution in [0.2, 0.25) is 0 Å². The van der Waals surface area contributed by atoms with Crippen LogP contribution < -0.4 is 4.90 Å². The van der Waals surface area contributed by atoms with Gasteiger partial charge in [0.05, 0.1) is 23.0 Å². The monoisotopic (exact) mass is 376 g/mol. The maximum absolute atomic E-state index is 13.3. The Labute approximate surface area is 162 Å². The first-order valence-electron chi connectivity index (χ1n) is 8.80. The summed E-state index contributed by atoms with van der Waals surface area (Å²) in [5, 5.41) is 0.681. The third-order valence-electron chi connectivity index (χ3n) is 4.74. The van der Waals surface area contributed by atoms with Crippen molar-refractivity contribution in [3.8, 4) is 0 Å². The van der Waals surface area contributed by atoms with Crippen LogP contribution in [-0.2, 0) is 6.54 Å². The molecule has 0 aliphatic carbocycles. The third kappa shape index (κ3) is 3.38. The summed E-state index contributed by atoms with van der Waals surface area (Å²) in [5.74, 6) is 0.641. The second kappa shape index (κ2) is 7.00. The fourth-order valence-electron chi connectivity index (χ4n) is 2.97. The Morgan fingerprint density at radius 2 is 1.85 bits per heavy atom. The van der Waals surface area contributed by atoms with Crippen molar-refractivity contribution in [3.05, 3.63) is 82.8 Å². The number of aromatic nitrogens is 1. The number of hydrogen-bond donors (Lipinski definition) is 0. The van der Waals surface area contributed by atoms with E-state index in [9.17, 15) is 4.79 Å². The van der Waals surface area contributed by atoms with Gasteiger partial charge < -0.3 is 4.42 Å². The van der Waals surface area contributed by atoms with Gasteiger partial charge in [-0.3, -0.25) is 9.69 Å². The first-order chi connectivity index (χ1) is 13.0. The normalized spacial score (nSPS) is 11.1. The minimum atomic E-state index is -0.0835. The Morgan fingerprint density at radius 1 is 1.07 bits per heavy atom. The summed E-state index contributed by atoms with van der Waals surface area (Å²) in [4.78, 5) is 19.8. The molecule has 0 unspecified atom stereocenters. The Hall–Kier alpha value is -2.92. The summed E-state index contributed by atoms with van der Waals surface area (Å²) >= 11 is 1.53. The van der Waals surface area contributed by atoms with Crippen molar-refractivity contribution < 1.29 is 9.21 Å². The molecule has 0 fully saturated rings. The highest BCUT2D eigenvalue weighted by atomic mass is 32.1. The highest BCUT2D eigenvalue weighted by Crippen LogP contribution is 2.33. The average molecular weight is 376 g/mol. The van der Waals surface area contributed by atoms with E-state index in [1.807, 2.05) is 43.3 Å². The first-order valence-corrected chi connectivity index (χ1v) is 9.62. The van der Waals surface area contributed by atoms with Crippen LogP contribution in [0.15, 0.2) is 59.2 Å². The Kier molecular flexibility index (Phi) is 4.54. The molecule has 2 heterocycles. The van der Waals surface area contributed by atoms with E-state index in [1.165, 1.54) is 16.9 Å². The minimum Gasteiger partial charge on any atom is -0.467 e. The summed E-state index contributed by atoms with van der Waals surface area (Å²) in [6.45, 7) is 6.50. The molecule has 0 saturated heterocycles. The van der Waals surface area contributed by atoms with Gasteiger partial charge in [0.15, 0.2) is 5.13 Å². The van der Waals surface area contributed by atoms with Crippen molar-refractivity contribution >= 4 is 32.6 Å². The van der Waals surface area contributed by atoms with Crippen LogP contribution in [0.25, 0.3) is 10.2 Å². The maximum atomic E-state index is 13.3. The lowest BCUT2D eigenvalue weighted by Crippen LogP contribution is -2.30. The van der Waals surface area contributed by atoms with Gasteiger partial charge in [0, 0.05) is 5.56 Å². The summed E-state index contributed by atoms with van der Waals surface area (Å²) in [5.41, 5.74) is 5.06. The van der Waals surface area contributed by atoms with Gasteiger partial charge in [-0.2, -0.15) is 0 Å². The van der Waals surface area contributed by atoms with Gasteiger partial charge in [-0.15, -0.1) is 0 Å². The molecule has 0 spiro atoms. The number of benzene rings is 2. The molecule has 0 atom stereocenters. The molecule has 0 N–H and O–H groups in total. The topological polar surface area (TPSA) is 46.3 Å². The number of nitrogens with zero attached hydrogens (tertiary/aromatic N) is 2. The molecule has 2 aromatic carbocycles. The van der Waals surface area contributed by atoms with Crippen LogP contribution in [0.5, 0.6) is 0 Å². The average Bonchev–Trinajstić information content (AvgIpc) is 3.33. The molecule has 136 valence electrons. The lowest BCUT2D eigenvalue weighted by molar-refractivity contribution is 0.0983. The van der Waals surface area contributed by atoms with E-state index in [-0.39, 0.29) is 5.91 Å². The molecule has 0 bridgehead atoms. The lowest BCUT2D eigenvalue weighted by Gasteiger charge is -2.19. The number of carbonyl (C=O) groups is 1. The zero-order valence-corrected chi connectivity index (χ0v) is 16.3. The zero-order valence-electron chi connectivity index (χ0n) is 15.5. The second-order valence-electron chi connectivity index (χ2n) is 6.69. The molecule has 4 nitrogen and oxygen atoms in total. The van der Waals surface area contributed by atoms with Crippen molar-refractivity contribution in [2.75, 3.05) is 4.90 Å². The van der Waals surface area contributed by atoms with E-state index in [0.717, 1.165) is 27.1 Å². The number of amides is 1. The smallest absolute Gasteiger partial charge is 0.260 e. The van der Waals surface area contributed by atoms with Gasteiger partial charge in [-0.1, -0.05) is 35.1 Å². The maximum Gasteiger partial charge on any atom is 0.260 e. The van der Waals surface area contributed by atoms with Crippen LogP contribution in [0.3, 0.4) is 0 Å². The largest absolute Gasteiger partial charge is 0.467 e. The highest BCUT2D eigenvalue weighted by molar-refractivity contribution is 7.22.